The lowest BCUT2D eigenvalue weighted by molar-refractivity contribution is -0.115. The molecular formula is C16H17ClN4O4S. The van der Waals surface area contributed by atoms with Gasteiger partial charge in [0, 0.05) is 16.9 Å². The van der Waals surface area contributed by atoms with Crippen LogP contribution in [0.2, 0.25) is 5.02 Å². The molecule has 0 aliphatic carbocycles. The van der Waals surface area contributed by atoms with Crippen LogP contribution in [0.4, 0.5) is 5.69 Å². The first-order chi connectivity index (χ1) is 12.1. The molecule has 0 spiro atoms. The van der Waals surface area contributed by atoms with Crippen molar-refractivity contribution in [1.82, 2.24) is 10.3 Å². The summed E-state index contributed by atoms with van der Waals surface area (Å²) >= 11 is 5.78. The van der Waals surface area contributed by atoms with E-state index in [1.165, 1.54) is 30.5 Å². The maximum absolute atomic E-state index is 12.1. The van der Waals surface area contributed by atoms with Crippen LogP contribution in [0.1, 0.15) is 21.6 Å². The number of hydrogen-bond donors (Lipinski definition) is 3. The minimum absolute atomic E-state index is 0.0774. The summed E-state index contributed by atoms with van der Waals surface area (Å²) in [5.74, 6) is -1.09. The number of carbonyl (C=O) groups is 2. The standard InChI is InChI=1S/C16H17ClN4O4S/c1-9-5-12(26(18,24)25)7-13(10(9)2)21-15(22)8-20-16(23)14-6-11(17)3-4-19-14/h3-7H,8H2,1-2H3,(H,20,23)(H,21,22)(H2,18,24,25). The number of sulfonamides is 1. The zero-order valence-corrected chi connectivity index (χ0v) is 15.6. The fourth-order valence-electron chi connectivity index (χ4n) is 2.09. The number of rotatable bonds is 5. The second-order valence-corrected chi connectivity index (χ2v) is 7.55. The molecule has 0 saturated heterocycles. The normalized spacial score (nSPS) is 11.1. The van der Waals surface area contributed by atoms with Crippen LogP contribution < -0.4 is 15.8 Å². The molecule has 0 atom stereocenters. The summed E-state index contributed by atoms with van der Waals surface area (Å²) in [5.41, 5.74) is 1.72. The summed E-state index contributed by atoms with van der Waals surface area (Å²) in [6.07, 6.45) is 1.38. The second-order valence-electron chi connectivity index (χ2n) is 5.55. The van der Waals surface area contributed by atoms with E-state index in [0.29, 0.717) is 21.8 Å². The molecule has 138 valence electrons. The molecule has 8 nitrogen and oxygen atoms in total. The van der Waals surface area contributed by atoms with Gasteiger partial charge in [0.15, 0.2) is 0 Å². The molecule has 0 saturated carbocycles. The monoisotopic (exact) mass is 396 g/mol. The van der Waals surface area contributed by atoms with Gasteiger partial charge in [0.1, 0.15) is 5.69 Å². The molecule has 26 heavy (non-hydrogen) atoms. The number of nitrogens with one attached hydrogen (secondary N) is 2. The van der Waals surface area contributed by atoms with Gasteiger partial charge in [-0.3, -0.25) is 14.6 Å². The Morgan fingerprint density at radius 3 is 2.54 bits per heavy atom. The summed E-state index contributed by atoms with van der Waals surface area (Å²) in [4.78, 5) is 27.8. The Morgan fingerprint density at radius 1 is 1.23 bits per heavy atom. The fraction of sp³-hybridized carbons (Fsp3) is 0.188. The molecule has 0 fully saturated rings. The summed E-state index contributed by atoms with van der Waals surface area (Å²) in [5, 5.41) is 10.5. The highest BCUT2D eigenvalue weighted by Crippen LogP contribution is 2.23. The zero-order valence-electron chi connectivity index (χ0n) is 14.0. The summed E-state index contributed by atoms with van der Waals surface area (Å²) < 4.78 is 23.0. The van der Waals surface area contributed by atoms with Gasteiger partial charge in [-0.2, -0.15) is 0 Å². The number of halogens is 1. The maximum atomic E-state index is 12.1. The third kappa shape index (κ3) is 5.01. The average molecular weight is 397 g/mol. The second kappa shape index (κ2) is 7.81. The van der Waals surface area contributed by atoms with Crippen LogP contribution in [-0.4, -0.2) is 31.8 Å². The molecule has 1 heterocycles. The van der Waals surface area contributed by atoms with E-state index in [9.17, 15) is 18.0 Å². The summed E-state index contributed by atoms with van der Waals surface area (Å²) in [7, 11) is -3.91. The number of benzene rings is 1. The average Bonchev–Trinajstić information content (AvgIpc) is 2.55. The Hall–Kier alpha value is -2.49. The minimum atomic E-state index is -3.91. The number of primary sulfonamides is 1. The third-order valence-corrected chi connectivity index (χ3v) is 4.74. The number of pyridine rings is 1. The number of aryl methyl sites for hydroxylation is 1. The quantitative estimate of drug-likeness (QED) is 0.702. The van der Waals surface area contributed by atoms with Crippen LogP contribution in [0.3, 0.4) is 0 Å². The molecule has 0 radical (unpaired) electrons. The SMILES string of the molecule is Cc1cc(S(N)(=O)=O)cc(NC(=O)CNC(=O)c2cc(Cl)ccn2)c1C. The number of hydrogen-bond acceptors (Lipinski definition) is 5. The fourth-order valence-corrected chi connectivity index (χ4v) is 2.88. The van der Waals surface area contributed by atoms with E-state index < -0.39 is 21.8 Å². The van der Waals surface area contributed by atoms with E-state index >= 15 is 0 Å². The predicted molar refractivity (Wildman–Crippen MR) is 97.5 cm³/mol. The first-order valence-corrected chi connectivity index (χ1v) is 9.34. The highest BCUT2D eigenvalue weighted by atomic mass is 35.5. The maximum Gasteiger partial charge on any atom is 0.270 e. The Morgan fingerprint density at radius 2 is 1.92 bits per heavy atom. The van der Waals surface area contributed by atoms with Gasteiger partial charge in [0.05, 0.1) is 11.4 Å². The zero-order chi connectivity index (χ0) is 19.5. The van der Waals surface area contributed by atoms with Crippen molar-refractivity contribution < 1.29 is 18.0 Å². The van der Waals surface area contributed by atoms with Gasteiger partial charge >= 0.3 is 0 Å². The lowest BCUT2D eigenvalue weighted by Crippen LogP contribution is -2.33. The molecule has 10 heteroatoms. The number of anilines is 1. The van der Waals surface area contributed by atoms with Crippen LogP contribution in [0.25, 0.3) is 0 Å². The van der Waals surface area contributed by atoms with Gasteiger partial charge in [-0.05, 0) is 49.2 Å². The number of nitrogens with zero attached hydrogens (tertiary/aromatic N) is 1. The van der Waals surface area contributed by atoms with Crippen LogP contribution in [0, 0.1) is 13.8 Å². The van der Waals surface area contributed by atoms with Crippen molar-refractivity contribution in [3.63, 3.8) is 0 Å². The van der Waals surface area contributed by atoms with Crippen LogP contribution in [0.15, 0.2) is 35.4 Å². The van der Waals surface area contributed by atoms with Crippen molar-refractivity contribution >= 4 is 39.1 Å². The van der Waals surface area contributed by atoms with Gasteiger partial charge in [0.25, 0.3) is 5.91 Å². The van der Waals surface area contributed by atoms with Crippen LogP contribution in [-0.2, 0) is 14.8 Å². The van der Waals surface area contributed by atoms with Gasteiger partial charge in [-0.25, -0.2) is 13.6 Å². The first-order valence-electron chi connectivity index (χ1n) is 7.41. The van der Waals surface area contributed by atoms with E-state index in [2.05, 4.69) is 15.6 Å². The Kier molecular flexibility index (Phi) is 5.96. The molecule has 0 bridgehead atoms. The van der Waals surface area contributed by atoms with Crippen molar-refractivity contribution in [2.24, 2.45) is 5.14 Å². The predicted octanol–water partition coefficient (Wildman–Crippen LogP) is 1.37. The number of nitrogens with two attached hydrogens (primary N) is 1. The largest absolute Gasteiger partial charge is 0.342 e. The van der Waals surface area contributed by atoms with Crippen LogP contribution >= 0.6 is 11.6 Å². The molecular weight excluding hydrogens is 380 g/mol. The van der Waals surface area contributed by atoms with E-state index in [4.69, 9.17) is 16.7 Å². The van der Waals surface area contributed by atoms with Crippen molar-refractivity contribution in [3.05, 3.63) is 52.3 Å². The van der Waals surface area contributed by atoms with Gasteiger partial charge < -0.3 is 10.6 Å². The smallest absolute Gasteiger partial charge is 0.270 e. The molecule has 0 aliphatic heterocycles. The Balaban J connectivity index is 2.08. The first kappa shape index (κ1) is 19.8. The molecule has 2 aromatic rings. The highest BCUT2D eigenvalue weighted by molar-refractivity contribution is 7.89. The number of amides is 2. The number of carbonyl (C=O) groups excluding carboxylic acids is 2. The van der Waals surface area contributed by atoms with E-state index in [1.54, 1.807) is 13.8 Å². The lowest BCUT2D eigenvalue weighted by Gasteiger charge is -2.13. The molecule has 4 N–H and O–H groups in total. The van der Waals surface area contributed by atoms with Gasteiger partial charge in [0.2, 0.25) is 15.9 Å². The Labute approximate surface area is 155 Å². The van der Waals surface area contributed by atoms with Crippen LogP contribution in [0.5, 0.6) is 0 Å². The molecule has 1 aromatic carbocycles. The third-order valence-electron chi connectivity index (χ3n) is 3.61. The number of aromatic nitrogens is 1. The van der Waals surface area contributed by atoms with E-state index in [-0.39, 0.29) is 17.1 Å². The molecule has 2 amide bonds. The van der Waals surface area contributed by atoms with Gasteiger partial charge in [-0.1, -0.05) is 11.6 Å². The molecule has 0 aliphatic rings. The van der Waals surface area contributed by atoms with Crippen molar-refractivity contribution in [2.75, 3.05) is 11.9 Å². The Bertz CT molecular complexity index is 976. The van der Waals surface area contributed by atoms with Crippen molar-refractivity contribution in [3.8, 4) is 0 Å². The topological polar surface area (TPSA) is 131 Å². The van der Waals surface area contributed by atoms with Gasteiger partial charge in [-0.15, -0.1) is 0 Å². The summed E-state index contributed by atoms with van der Waals surface area (Å²) in [6, 6.07) is 5.59. The van der Waals surface area contributed by atoms with Crippen molar-refractivity contribution in [2.45, 2.75) is 18.7 Å². The summed E-state index contributed by atoms with van der Waals surface area (Å²) in [6.45, 7) is 3.10. The molecule has 0 unspecified atom stereocenters. The van der Waals surface area contributed by atoms with E-state index in [1.807, 2.05) is 0 Å². The van der Waals surface area contributed by atoms with E-state index in [0.717, 1.165) is 0 Å². The molecule has 2 rings (SSSR count). The molecule has 1 aromatic heterocycles. The van der Waals surface area contributed by atoms with Crippen molar-refractivity contribution in [1.29, 1.82) is 0 Å². The lowest BCUT2D eigenvalue weighted by atomic mass is 10.1. The minimum Gasteiger partial charge on any atom is -0.342 e. The highest BCUT2D eigenvalue weighted by Gasteiger charge is 2.15.